The van der Waals surface area contributed by atoms with E-state index in [1.165, 1.54) is 12.2 Å². The lowest BCUT2D eigenvalue weighted by atomic mass is 10.3. The Morgan fingerprint density at radius 1 is 1.25 bits per heavy atom. The number of nitrogens with zero attached hydrogens (tertiary/aromatic N) is 1. The van der Waals surface area contributed by atoms with Crippen molar-refractivity contribution in [2.45, 2.75) is 6.17 Å². The molecule has 0 spiro atoms. The third-order valence-electron chi connectivity index (χ3n) is 1.72. The molecule has 0 saturated carbocycles. The van der Waals surface area contributed by atoms with Gasteiger partial charge in [0.25, 0.3) is 7.59 Å². The van der Waals surface area contributed by atoms with Gasteiger partial charge in [-0.3, -0.25) is 40.9 Å². The molecule has 16 heavy (non-hydrogen) atoms. The highest BCUT2D eigenvalue weighted by Gasteiger charge is 2.31. The topological polar surface area (TPSA) is 180 Å². The van der Waals surface area contributed by atoms with Crippen molar-refractivity contribution < 1.29 is 9.13 Å². The number of hydrogen-bond acceptors (Lipinski definition) is 3. The molecule has 0 fully saturated rings. The van der Waals surface area contributed by atoms with E-state index < -0.39 is 21.4 Å². The smallest absolute Gasteiger partial charge is 0.303 e. The first-order valence-corrected chi connectivity index (χ1v) is 7.82. The first kappa shape index (κ1) is 13.4. The predicted molar refractivity (Wildman–Crippen MR) is 62.1 cm³/mol. The Labute approximate surface area is 92.7 Å². The fraction of sp³-hybridized carbons (Fsp3) is 0.200. The average Bonchev–Trinajstić information content (AvgIpc) is 1.97. The van der Waals surface area contributed by atoms with Crippen LogP contribution in [0.15, 0.2) is 24.0 Å². The Hall–Kier alpha value is -0.660. The van der Waals surface area contributed by atoms with Gasteiger partial charge >= 0.3 is 7.59 Å². The van der Waals surface area contributed by atoms with E-state index in [0.717, 1.165) is 4.67 Å². The van der Waals surface area contributed by atoms with Gasteiger partial charge in [-0.25, -0.2) is 0 Å². The molecule has 9 nitrogen and oxygen atoms in total. The highest BCUT2D eigenvalue weighted by Crippen LogP contribution is 2.39. The largest absolute Gasteiger partial charge is 0.308 e. The summed E-state index contributed by atoms with van der Waals surface area (Å²) in [6.45, 7) is 0. The van der Waals surface area contributed by atoms with Gasteiger partial charge in [0.15, 0.2) is 0 Å². The van der Waals surface area contributed by atoms with Crippen LogP contribution in [0.4, 0.5) is 0 Å². The van der Waals surface area contributed by atoms with Crippen LogP contribution < -0.4 is 32.8 Å². The third kappa shape index (κ3) is 3.43. The first-order valence-electron chi connectivity index (χ1n) is 4.18. The Balaban J connectivity index is 3.05. The number of hydrogen-bond donors (Lipinski definition) is 6. The lowest BCUT2D eigenvalue weighted by Crippen LogP contribution is -2.46. The third-order valence-corrected chi connectivity index (χ3v) is 3.45. The molecule has 0 aliphatic carbocycles. The molecule has 1 aliphatic rings. The molecule has 1 aliphatic heterocycles. The summed E-state index contributed by atoms with van der Waals surface area (Å²) in [6, 6.07) is 0. The number of allylic oxidation sites excluding steroid dienone is 2. The highest BCUT2D eigenvalue weighted by molar-refractivity contribution is 7.58. The van der Waals surface area contributed by atoms with E-state index in [4.69, 9.17) is 27.8 Å². The molecule has 0 amide bonds. The van der Waals surface area contributed by atoms with Gasteiger partial charge in [-0.15, -0.1) is 0 Å². The summed E-state index contributed by atoms with van der Waals surface area (Å²) in [7, 11) is -7.19. The van der Waals surface area contributed by atoms with E-state index in [-0.39, 0.29) is 5.82 Å². The van der Waals surface area contributed by atoms with Gasteiger partial charge in [-0.2, -0.15) is 0 Å². The van der Waals surface area contributed by atoms with Crippen molar-refractivity contribution in [2.75, 3.05) is 0 Å². The molecular weight excluding hydrogens is 252 g/mol. The molecule has 0 saturated heterocycles. The van der Waals surface area contributed by atoms with E-state index in [1.54, 1.807) is 6.08 Å². The lowest BCUT2D eigenvalue weighted by Gasteiger charge is -2.35. The molecule has 0 bridgehead atoms. The lowest BCUT2D eigenvalue weighted by molar-refractivity contribution is 0.412. The maximum Gasteiger partial charge on any atom is 0.303 e. The molecule has 0 aromatic carbocycles. The molecule has 0 radical (unpaired) electrons. The van der Waals surface area contributed by atoms with Crippen LogP contribution in [0.5, 0.6) is 0 Å². The van der Waals surface area contributed by atoms with Crippen LogP contribution in [-0.2, 0) is 9.13 Å². The Bertz CT molecular complexity index is 420. The van der Waals surface area contributed by atoms with E-state index in [1.807, 2.05) is 0 Å². The van der Waals surface area contributed by atoms with Crippen molar-refractivity contribution in [2.24, 2.45) is 27.8 Å². The second kappa shape index (κ2) is 4.31. The van der Waals surface area contributed by atoms with Crippen LogP contribution in [-0.4, -0.2) is 10.8 Å². The highest BCUT2D eigenvalue weighted by atomic mass is 31.2. The van der Waals surface area contributed by atoms with E-state index in [0.29, 0.717) is 0 Å². The predicted octanol–water partition coefficient (Wildman–Crippen LogP) is -1.38. The maximum atomic E-state index is 11.6. The quantitative estimate of drug-likeness (QED) is 0.336. The molecule has 1 unspecified atom stereocenters. The van der Waals surface area contributed by atoms with Crippen LogP contribution in [0.3, 0.4) is 0 Å². The summed E-state index contributed by atoms with van der Waals surface area (Å²) >= 11 is 0. The first-order chi connectivity index (χ1) is 7.11. The summed E-state index contributed by atoms with van der Waals surface area (Å²) < 4.78 is 23.8. The maximum absolute atomic E-state index is 11.6. The van der Waals surface area contributed by atoms with Gasteiger partial charge in [-0.1, -0.05) is 6.08 Å². The summed E-state index contributed by atoms with van der Waals surface area (Å²) in [5.41, 5.74) is 26.5. The Kier molecular flexibility index (Phi) is 3.61. The minimum atomic E-state index is -3.65. The van der Waals surface area contributed by atoms with Gasteiger partial charge in [0, 0.05) is 0 Å². The number of rotatable bonds is 3. The molecule has 11 N–H and O–H groups in total. The fourth-order valence-corrected chi connectivity index (χ4v) is 2.79. The van der Waals surface area contributed by atoms with E-state index >= 15 is 0 Å². The zero-order valence-electron chi connectivity index (χ0n) is 8.35. The van der Waals surface area contributed by atoms with Crippen LogP contribution in [0, 0.1) is 0 Å². The Morgan fingerprint density at radius 3 is 2.25 bits per heavy atom. The van der Waals surface area contributed by atoms with Crippen LogP contribution in [0.1, 0.15) is 0 Å². The number of nitrogens with two attached hydrogens (primary N) is 5. The van der Waals surface area contributed by atoms with Crippen molar-refractivity contribution in [1.82, 2.24) is 9.76 Å². The van der Waals surface area contributed by atoms with Gasteiger partial charge < -0.3 is 5.73 Å². The van der Waals surface area contributed by atoms with Gasteiger partial charge in [-0.05, 0) is 12.2 Å². The molecule has 1 heterocycles. The van der Waals surface area contributed by atoms with E-state index in [9.17, 15) is 9.13 Å². The summed E-state index contributed by atoms with van der Waals surface area (Å²) in [6.07, 6.45) is 3.67. The second-order valence-corrected chi connectivity index (χ2v) is 6.68. The van der Waals surface area contributed by atoms with Crippen LogP contribution in [0.2, 0.25) is 0 Å². The van der Waals surface area contributed by atoms with Crippen LogP contribution in [0.25, 0.3) is 0 Å². The zero-order valence-corrected chi connectivity index (χ0v) is 10.1. The molecule has 1 rings (SSSR count). The van der Waals surface area contributed by atoms with Crippen LogP contribution >= 0.6 is 15.2 Å². The molecular formula is C5H15N7O2P2. The molecule has 0 aromatic rings. The fourth-order valence-electron chi connectivity index (χ4n) is 1.22. The summed E-state index contributed by atoms with van der Waals surface area (Å²) in [5, 5.41) is 2.28. The molecule has 92 valence electrons. The zero-order chi connectivity index (χ0) is 12.6. The van der Waals surface area contributed by atoms with Gasteiger partial charge in [0.1, 0.15) is 12.0 Å². The van der Waals surface area contributed by atoms with Gasteiger partial charge in [0.2, 0.25) is 0 Å². The van der Waals surface area contributed by atoms with E-state index in [2.05, 4.69) is 5.09 Å². The molecule has 1 atom stereocenters. The molecule has 0 aromatic heterocycles. The normalized spacial score (nSPS) is 21.9. The van der Waals surface area contributed by atoms with Gasteiger partial charge in [0.05, 0.1) is 0 Å². The van der Waals surface area contributed by atoms with Crippen molar-refractivity contribution in [1.29, 1.82) is 0 Å². The second-order valence-electron chi connectivity index (χ2n) is 3.27. The Morgan fingerprint density at radius 2 is 1.81 bits per heavy atom. The summed E-state index contributed by atoms with van der Waals surface area (Å²) in [4.78, 5) is 0. The minimum absolute atomic E-state index is 0.0664. The monoisotopic (exact) mass is 267 g/mol. The minimum Gasteiger partial charge on any atom is -0.308 e. The molecule has 11 heteroatoms. The standard InChI is InChI=1S/C5H15N7O2P2/c6-4-2-1-3-5(11-15(7,8)13)12(4)16(9,10)14/h1-4H,6H2,(H4,9,10,14)(H5,7,8,11,13). The van der Waals surface area contributed by atoms with Crippen molar-refractivity contribution in [3.8, 4) is 0 Å². The summed E-state index contributed by atoms with van der Waals surface area (Å²) in [5.74, 6) is 0.0664. The van der Waals surface area contributed by atoms with Crippen molar-refractivity contribution in [3.63, 3.8) is 0 Å². The average molecular weight is 267 g/mol. The van der Waals surface area contributed by atoms with Crippen molar-refractivity contribution >= 4 is 15.2 Å². The number of nitrogens with one attached hydrogen (secondary N) is 1. The van der Waals surface area contributed by atoms with Crippen molar-refractivity contribution in [3.05, 3.63) is 24.0 Å². The SMILES string of the molecule is NC1C=CC=C(NP(N)(N)=O)N1P(N)(N)=O.